The highest BCUT2D eigenvalue weighted by atomic mass is 35.5. The van der Waals surface area contributed by atoms with Crippen molar-refractivity contribution in [2.24, 2.45) is 0 Å². The average Bonchev–Trinajstić information content (AvgIpc) is 2.81. The van der Waals surface area contributed by atoms with E-state index >= 15 is 0 Å². The number of halogens is 2. The minimum absolute atomic E-state index is 0.0397. The smallest absolute Gasteiger partial charge is 0.244 e. The van der Waals surface area contributed by atoms with E-state index < -0.39 is 28.5 Å². The minimum Gasteiger partial charge on any atom is -0.352 e. The van der Waals surface area contributed by atoms with Gasteiger partial charge in [-0.3, -0.25) is 13.9 Å². The van der Waals surface area contributed by atoms with Gasteiger partial charge >= 0.3 is 0 Å². The molecule has 0 saturated heterocycles. The van der Waals surface area contributed by atoms with E-state index in [1.165, 1.54) is 4.90 Å². The highest BCUT2D eigenvalue weighted by Crippen LogP contribution is 2.27. The Morgan fingerprint density at radius 2 is 1.67 bits per heavy atom. The van der Waals surface area contributed by atoms with Crippen molar-refractivity contribution in [3.8, 4) is 0 Å². The van der Waals surface area contributed by atoms with Gasteiger partial charge in [0.2, 0.25) is 21.8 Å². The maximum Gasteiger partial charge on any atom is 0.244 e. The lowest BCUT2D eigenvalue weighted by Crippen LogP contribution is -2.53. The number of hydrogen-bond donors (Lipinski definition) is 1. The van der Waals surface area contributed by atoms with E-state index in [9.17, 15) is 18.0 Å². The van der Waals surface area contributed by atoms with Crippen molar-refractivity contribution in [1.82, 2.24) is 10.2 Å². The molecule has 0 aromatic heterocycles. The van der Waals surface area contributed by atoms with Crippen LogP contribution < -0.4 is 9.62 Å². The van der Waals surface area contributed by atoms with Crippen LogP contribution in [0, 0.1) is 6.92 Å². The van der Waals surface area contributed by atoms with Gasteiger partial charge in [0.15, 0.2) is 0 Å². The van der Waals surface area contributed by atoms with Crippen molar-refractivity contribution in [3.63, 3.8) is 0 Å². The Kier molecular flexibility index (Phi) is 9.66. The zero-order valence-electron chi connectivity index (χ0n) is 20.8. The number of nitrogens with one attached hydrogen (secondary N) is 1. The molecule has 0 heterocycles. The molecular weight excluding hydrogens is 521 g/mol. The Bertz CT molecular complexity index is 1180. The number of aryl methyl sites for hydroxylation is 1. The van der Waals surface area contributed by atoms with Crippen LogP contribution in [0.3, 0.4) is 0 Å². The first kappa shape index (κ1) is 28.3. The number of nitrogens with zero attached hydrogens (tertiary/aromatic N) is 2. The van der Waals surface area contributed by atoms with Gasteiger partial charge in [-0.2, -0.15) is 0 Å². The van der Waals surface area contributed by atoms with Crippen molar-refractivity contribution in [2.45, 2.75) is 64.6 Å². The van der Waals surface area contributed by atoms with Crippen LogP contribution in [0.4, 0.5) is 5.69 Å². The fraction of sp³-hybridized carbons (Fsp3) is 0.462. The van der Waals surface area contributed by atoms with Crippen LogP contribution >= 0.6 is 23.2 Å². The lowest BCUT2D eigenvalue weighted by Gasteiger charge is -2.33. The Hall–Kier alpha value is -2.29. The second kappa shape index (κ2) is 12.3. The molecule has 196 valence electrons. The third-order valence-electron chi connectivity index (χ3n) is 6.48. The van der Waals surface area contributed by atoms with Crippen LogP contribution in [0.15, 0.2) is 42.5 Å². The maximum atomic E-state index is 13.7. The highest BCUT2D eigenvalue weighted by molar-refractivity contribution is 7.92. The molecule has 0 aliphatic heterocycles. The summed E-state index contributed by atoms with van der Waals surface area (Å²) in [5, 5.41) is 3.78. The van der Waals surface area contributed by atoms with Gasteiger partial charge in [0.05, 0.1) is 11.9 Å². The van der Waals surface area contributed by atoms with Gasteiger partial charge in [-0.15, -0.1) is 0 Å². The number of benzene rings is 2. The van der Waals surface area contributed by atoms with Gasteiger partial charge < -0.3 is 10.2 Å². The molecule has 2 aromatic rings. The van der Waals surface area contributed by atoms with E-state index in [0.29, 0.717) is 21.3 Å². The SMILES string of the molecule is Cc1cccc(N(CC(=O)N(Cc2c(Cl)cccc2Cl)[C@H](C)C(=O)NC2CCCCC2)S(C)(=O)=O)c1. The molecule has 0 spiro atoms. The summed E-state index contributed by atoms with van der Waals surface area (Å²) >= 11 is 12.8. The zero-order valence-corrected chi connectivity index (χ0v) is 23.2. The third-order valence-corrected chi connectivity index (χ3v) is 8.33. The predicted molar refractivity (Wildman–Crippen MR) is 145 cm³/mol. The third kappa shape index (κ3) is 7.37. The van der Waals surface area contributed by atoms with Crippen molar-refractivity contribution in [1.29, 1.82) is 0 Å². The monoisotopic (exact) mass is 553 g/mol. The van der Waals surface area contributed by atoms with E-state index in [1.54, 1.807) is 43.3 Å². The molecule has 0 bridgehead atoms. The summed E-state index contributed by atoms with van der Waals surface area (Å²) in [4.78, 5) is 28.2. The first-order valence-corrected chi connectivity index (χ1v) is 14.6. The molecule has 0 radical (unpaired) electrons. The second-order valence-electron chi connectivity index (χ2n) is 9.35. The zero-order chi connectivity index (χ0) is 26.5. The first-order chi connectivity index (χ1) is 17.0. The molecule has 1 atom stereocenters. The van der Waals surface area contributed by atoms with Crippen molar-refractivity contribution in [3.05, 3.63) is 63.6 Å². The molecule has 0 unspecified atom stereocenters. The lowest BCUT2D eigenvalue weighted by molar-refractivity contribution is -0.139. The van der Waals surface area contributed by atoms with Crippen molar-refractivity contribution < 1.29 is 18.0 Å². The fourth-order valence-corrected chi connectivity index (χ4v) is 5.76. The normalized spacial score (nSPS) is 15.2. The molecule has 1 aliphatic rings. The first-order valence-electron chi connectivity index (χ1n) is 12.0. The van der Waals surface area contributed by atoms with E-state index in [4.69, 9.17) is 23.2 Å². The van der Waals surface area contributed by atoms with Crippen LogP contribution in [-0.2, 0) is 26.2 Å². The number of carbonyl (C=O) groups is 2. The molecule has 1 N–H and O–H groups in total. The number of carbonyl (C=O) groups excluding carboxylic acids is 2. The maximum absolute atomic E-state index is 13.7. The molecule has 3 rings (SSSR count). The van der Waals surface area contributed by atoms with Gasteiger partial charge in [0, 0.05) is 28.2 Å². The lowest BCUT2D eigenvalue weighted by atomic mass is 9.95. The number of rotatable bonds is 9. The van der Waals surface area contributed by atoms with E-state index in [0.717, 1.165) is 48.2 Å². The van der Waals surface area contributed by atoms with Gasteiger partial charge in [0.25, 0.3) is 0 Å². The molecule has 10 heteroatoms. The Balaban J connectivity index is 1.91. The number of anilines is 1. The molecule has 1 aliphatic carbocycles. The van der Waals surface area contributed by atoms with Crippen LogP contribution in [0.25, 0.3) is 0 Å². The molecule has 2 amide bonds. The molecule has 1 fully saturated rings. The molecule has 2 aromatic carbocycles. The van der Waals surface area contributed by atoms with E-state index in [-0.39, 0.29) is 18.5 Å². The van der Waals surface area contributed by atoms with Gasteiger partial charge in [-0.25, -0.2) is 8.42 Å². The number of hydrogen-bond acceptors (Lipinski definition) is 4. The molecular formula is C26H33Cl2N3O4S. The largest absolute Gasteiger partial charge is 0.352 e. The summed E-state index contributed by atoms with van der Waals surface area (Å²) in [7, 11) is -3.79. The van der Waals surface area contributed by atoms with E-state index in [2.05, 4.69) is 5.32 Å². The van der Waals surface area contributed by atoms with Gasteiger partial charge in [-0.1, -0.05) is 60.7 Å². The van der Waals surface area contributed by atoms with Crippen LogP contribution in [0.5, 0.6) is 0 Å². The van der Waals surface area contributed by atoms with Crippen LogP contribution in [0.1, 0.15) is 50.2 Å². The predicted octanol–water partition coefficient (Wildman–Crippen LogP) is 4.93. The molecule has 36 heavy (non-hydrogen) atoms. The average molecular weight is 555 g/mol. The summed E-state index contributed by atoms with van der Waals surface area (Å²) in [6.45, 7) is 2.97. The summed E-state index contributed by atoms with van der Waals surface area (Å²) in [6, 6.07) is 11.1. The summed E-state index contributed by atoms with van der Waals surface area (Å²) < 4.78 is 26.4. The number of amides is 2. The van der Waals surface area contributed by atoms with Crippen LogP contribution in [0.2, 0.25) is 10.0 Å². The van der Waals surface area contributed by atoms with Crippen molar-refractivity contribution >= 4 is 50.7 Å². The summed E-state index contributed by atoms with van der Waals surface area (Å²) in [5.74, 6) is -0.830. The number of sulfonamides is 1. The summed E-state index contributed by atoms with van der Waals surface area (Å²) in [6.07, 6.45) is 6.11. The standard InChI is InChI=1S/C26H33Cl2N3O4S/c1-18-9-7-12-21(15-18)31(36(3,34)35)17-25(32)30(16-22-23(27)13-8-14-24(22)28)19(2)26(33)29-20-10-5-4-6-11-20/h7-9,12-15,19-20H,4-6,10-11,16-17H2,1-3H3,(H,29,33)/t19-/m1/s1. The van der Waals surface area contributed by atoms with E-state index in [1.807, 2.05) is 13.0 Å². The Labute approximate surface area is 223 Å². The Morgan fingerprint density at radius 3 is 2.25 bits per heavy atom. The molecule has 1 saturated carbocycles. The Morgan fingerprint density at radius 1 is 1.06 bits per heavy atom. The summed E-state index contributed by atoms with van der Waals surface area (Å²) in [5.41, 5.74) is 1.72. The highest BCUT2D eigenvalue weighted by Gasteiger charge is 2.32. The van der Waals surface area contributed by atoms with Gasteiger partial charge in [-0.05, 0) is 56.5 Å². The van der Waals surface area contributed by atoms with Gasteiger partial charge in [0.1, 0.15) is 12.6 Å². The fourth-order valence-electron chi connectivity index (χ4n) is 4.40. The molecule has 7 nitrogen and oxygen atoms in total. The topological polar surface area (TPSA) is 86.8 Å². The second-order valence-corrected chi connectivity index (χ2v) is 12.1. The van der Waals surface area contributed by atoms with Crippen LogP contribution in [-0.4, -0.2) is 50.0 Å². The minimum atomic E-state index is -3.79. The van der Waals surface area contributed by atoms with Crippen molar-refractivity contribution in [2.75, 3.05) is 17.1 Å². The quantitative estimate of drug-likeness (QED) is 0.476.